The predicted molar refractivity (Wildman–Crippen MR) is 51.8 cm³/mol. The molecule has 2 nitrogen and oxygen atoms in total. The Balaban J connectivity index is 0.000000245. The maximum Gasteiger partial charge on any atom is 2.00 e. The molecule has 3 heteroatoms. The molecule has 0 N–H and O–H groups in total. The Morgan fingerprint density at radius 2 is 0.800 bits per heavy atom. The summed E-state index contributed by atoms with van der Waals surface area (Å²) in [7, 11) is 0. The van der Waals surface area contributed by atoms with E-state index in [-0.39, 0.29) is 37.3 Å². The van der Waals surface area contributed by atoms with Crippen LogP contribution in [0.4, 0.5) is 0 Å². The Hall–Kier alpha value is -1.09. The van der Waals surface area contributed by atoms with Crippen molar-refractivity contribution >= 4 is 0 Å². The van der Waals surface area contributed by atoms with Gasteiger partial charge in [0.15, 0.2) is 0 Å². The summed E-state index contributed by atoms with van der Waals surface area (Å²) in [6.07, 6.45) is 0. The summed E-state index contributed by atoms with van der Waals surface area (Å²) in [5.74, 6) is 0.144. The van der Waals surface area contributed by atoms with E-state index in [1.807, 2.05) is 12.1 Å². The third-order valence-corrected chi connectivity index (χ3v) is 1.49. The maximum absolute atomic E-state index is 10.3. The smallest absolute Gasteiger partial charge is 0.872 e. The van der Waals surface area contributed by atoms with Crippen LogP contribution in [0.15, 0.2) is 60.7 Å². The van der Waals surface area contributed by atoms with Crippen molar-refractivity contribution in [2.45, 2.75) is 0 Å². The van der Waals surface area contributed by atoms with Crippen molar-refractivity contribution in [3.63, 3.8) is 0 Å². The number of para-hydroxylation sites is 2. The van der Waals surface area contributed by atoms with Gasteiger partial charge in [-0.1, -0.05) is 60.7 Å². The summed E-state index contributed by atoms with van der Waals surface area (Å²) in [5.41, 5.74) is 0. The minimum Gasteiger partial charge on any atom is -0.872 e. The van der Waals surface area contributed by atoms with Gasteiger partial charge in [0, 0.05) is 0 Å². The fourth-order valence-electron chi connectivity index (χ4n) is 0.841. The van der Waals surface area contributed by atoms with Crippen LogP contribution in [0.2, 0.25) is 0 Å². The standard InChI is InChI=1S/2C6H6O.Sc/c2*7-6-4-2-1-3-5-6;/h2*1-5,7H;/q;;+2/p-2. The van der Waals surface area contributed by atoms with Crippen LogP contribution in [0, 0.1) is 0 Å². The Labute approximate surface area is 108 Å². The molecule has 2 aromatic rings. The number of hydrogen-bond acceptors (Lipinski definition) is 2. The van der Waals surface area contributed by atoms with Gasteiger partial charge in [-0.05, 0) is 0 Å². The van der Waals surface area contributed by atoms with E-state index in [2.05, 4.69) is 0 Å². The third kappa shape index (κ3) is 6.91. The zero-order valence-corrected chi connectivity index (χ0v) is 9.97. The molecular formula is C12H10O2Sc. The molecule has 0 unspecified atom stereocenters. The predicted octanol–water partition coefficient (Wildman–Crippen LogP) is 1.52. The molecule has 0 saturated heterocycles. The van der Waals surface area contributed by atoms with E-state index < -0.39 is 0 Å². The summed E-state index contributed by atoms with van der Waals surface area (Å²) in [6, 6.07) is 16.7. The summed E-state index contributed by atoms with van der Waals surface area (Å²) in [5, 5.41) is 20.5. The normalized spacial score (nSPS) is 8.00. The van der Waals surface area contributed by atoms with Gasteiger partial charge in [-0.3, -0.25) is 0 Å². The van der Waals surface area contributed by atoms with Crippen molar-refractivity contribution in [1.82, 2.24) is 0 Å². The monoisotopic (exact) mass is 231 g/mol. The van der Waals surface area contributed by atoms with E-state index in [4.69, 9.17) is 0 Å². The zero-order chi connectivity index (χ0) is 10.2. The first-order valence-corrected chi connectivity index (χ1v) is 4.23. The van der Waals surface area contributed by atoms with Crippen LogP contribution in [0.5, 0.6) is 11.5 Å². The second kappa shape index (κ2) is 8.24. The molecule has 2 rings (SSSR count). The molecule has 15 heavy (non-hydrogen) atoms. The largest absolute Gasteiger partial charge is 2.00 e. The van der Waals surface area contributed by atoms with Gasteiger partial charge >= 0.3 is 25.8 Å². The first-order chi connectivity index (χ1) is 6.79. The van der Waals surface area contributed by atoms with Crippen molar-refractivity contribution in [3.8, 4) is 11.5 Å². The molecule has 0 atom stereocenters. The van der Waals surface area contributed by atoms with Gasteiger partial charge < -0.3 is 10.2 Å². The van der Waals surface area contributed by atoms with E-state index >= 15 is 0 Å². The number of benzene rings is 2. The molecule has 0 aliphatic rings. The van der Waals surface area contributed by atoms with Crippen LogP contribution >= 0.6 is 0 Å². The SMILES string of the molecule is [O-]c1ccccc1.[O-]c1ccccc1.[Sc+2]. The van der Waals surface area contributed by atoms with Crippen molar-refractivity contribution in [3.05, 3.63) is 60.7 Å². The van der Waals surface area contributed by atoms with Crippen molar-refractivity contribution in [2.75, 3.05) is 0 Å². The fraction of sp³-hybridized carbons (Fsp3) is 0. The van der Waals surface area contributed by atoms with Crippen LogP contribution in [-0.2, 0) is 25.8 Å². The molecule has 0 aliphatic heterocycles. The van der Waals surface area contributed by atoms with Gasteiger partial charge in [0.2, 0.25) is 0 Å². The van der Waals surface area contributed by atoms with E-state index in [1.54, 1.807) is 24.3 Å². The minimum absolute atomic E-state index is 0. The van der Waals surface area contributed by atoms with Crippen LogP contribution in [0.3, 0.4) is 0 Å². The van der Waals surface area contributed by atoms with E-state index in [0.717, 1.165) is 0 Å². The number of rotatable bonds is 0. The molecule has 0 aliphatic carbocycles. The number of hydrogen-bond donors (Lipinski definition) is 0. The Morgan fingerprint density at radius 1 is 0.533 bits per heavy atom. The molecule has 0 aromatic heterocycles. The van der Waals surface area contributed by atoms with E-state index in [1.165, 1.54) is 24.3 Å². The Morgan fingerprint density at radius 3 is 0.933 bits per heavy atom. The molecule has 0 saturated carbocycles. The second-order valence-corrected chi connectivity index (χ2v) is 2.63. The van der Waals surface area contributed by atoms with Gasteiger partial charge in [0.1, 0.15) is 0 Å². The van der Waals surface area contributed by atoms with Crippen LogP contribution in [0.25, 0.3) is 0 Å². The van der Waals surface area contributed by atoms with Gasteiger partial charge in [-0.25, -0.2) is 0 Å². The average Bonchev–Trinajstić information content (AvgIpc) is 2.21. The molecule has 0 bridgehead atoms. The molecule has 1 radical (unpaired) electrons. The minimum atomic E-state index is 0. The first kappa shape index (κ1) is 13.9. The average molecular weight is 231 g/mol. The zero-order valence-electron chi connectivity index (χ0n) is 8.17. The van der Waals surface area contributed by atoms with Gasteiger partial charge in [-0.2, -0.15) is 0 Å². The van der Waals surface area contributed by atoms with E-state index in [9.17, 15) is 10.2 Å². The van der Waals surface area contributed by atoms with Crippen LogP contribution in [0.1, 0.15) is 0 Å². The Kier molecular flexibility index (Phi) is 7.64. The molecule has 2 aromatic carbocycles. The topological polar surface area (TPSA) is 46.1 Å². The molecule has 73 valence electrons. The van der Waals surface area contributed by atoms with Crippen LogP contribution in [-0.4, -0.2) is 0 Å². The van der Waals surface area contributed by atoms with Crippen LogP contribution < -0.4 is 10.2 Å². The summed E-state index contributed by atoms with van der Waals surface area (Å²) >= 11 is 0. The maximum atomic E-state index is 10.3. The first-order valence-electron chi connectivity index (χ1n) is 4.23. The molecule has 0 heterocycles. The van der Waals surface area contributed by atoms with Crippen molar-refractivity contribution in [2.24, 2.45) is 0 Å². The van der Waals surface area contributed by atoms with Gasteiger partial charge in [0.25, 0.3) is 0 Å². The molecule has 0 amide bonds. The Bertz CT molecular complexity index is 311. The summed E-state index contributed by atoms with van der Waals surface area (Å²) in [4.78, 5) is 0. The van der Waals surface area contributed by atoms with Gasteiger partial charge in [-0.15, -0.1) is 11.5 Å². The summed E-state index contributed by atoms with van der Waals surface area (Å²) < 4.78 is 0. The molecule has 0 spiro atoms. The van der Waals surface area contributed by atoms with E-state index in [0.29, 0.717) is 0 Å². The molecule has 0 fully saturated rings. The molecular weight excluding hydrogens is 221 g/mol. The second-order valence-electron chi connectivity index (χ2n) is 2.63. The fourth-order valence-corrected chi connectivity index (χ4v) is 0.841. The third-order valence-electron chi connectivity index (χ3n) is 1.49. The van der Waals surface area contributed by atoms with Crippen molar-refractivity contribution in [1.29, 1.82) is 0 Å². The quantitative estimate of drug-likeness (QED) is 0.690. The van der Waals surface area contributed by atoms with Gasteiger partial charge in [0.05, 0.1) is 0 Å². The summed E-state index contributed by atoms with van der Waals surface area (Å²) in [6.45, 7) is 0. The van der Waals surface area contributed by atoms with Crippen molar-refractivity contribution < 1.29 is 36.1 Å².